The van der Waals surface area contributed by atoms with Crippen molar-refractivity contribution >= 4 is 10.1 Å². The van der Waals surface area contributed by atoms with Crippen LogP contribution < -0.4 is 29.6 Å². The number of aliphatic hydroxyl groups is 1. The van der Waals surface area contributed by atoms with E-state index < -0.39 is 15.4 Å². The van der Waals surface area contributed by atoms with Crippen molar-refractivity contribution in [1.29, 1.82) is 0 Å². The Morgan fingerprint density at radius 1 is 0.655 bits per heavy atom. The summed E-state index contributed by atoms with van der Waals surface area (Å²) in [4.78, 5) is 0. The standard InChI is InChI=1S/C23H48O4S.Na/c1-3-5-6-17-20-23(28(25,26)27)21-18-15-13-11-9-7-8-10-12-14-16-19-22(24)4-2;/h22-24H,3-21H2,1-2H3,(H,25,26,27);/q;+1/p-1. The summed E-state index contributed by atoms with van der Waals surface area (Å²) < 4.78 is 34.2. The van der Waals surface area contributed by atoms with Crippen molar-refractivity contribution in [3.63, 3.8) is 0 Å². The molecule has 2 atom stereocenters. The summed E-state index contributed by atoms with van der Waals surface area (Å²) in [6.45, 7) is 4.16. The van der Waals surface area contributed by atoms with Gasteiger partial charge in [0.1, 0.15) is 0 Å². The Labute approximate surface area is 204 Å². The minimum Gasteiger partial charge on any atom is -0.748 e. The molecule has 0 rings (SSSR count). The first kappa shape index (κ1) is 32.1. The van der Waals surface area contributed by atoms with Crippen molar-refractivity contribution in [3.05, 3.63) is 0 Å². The van der Waals surface area contributed by atoms with Crippen LogP contribution in [0.15, 0.2) is 0 Å². The molecule has 1 N–H and O–H groups in total. The largest absolute Gasteiger partial charge is 1.00 e. The molecule has 0 saturated heterocycles. The minimum atomic E-state index is -4.14. The molecular formula is C23H47NaO4S. The predicted octanol–water partition coefficient (Wildman–Crippen LogP) is 3.72. The Morgan fingerprint density at radius 3 is 1.34 bits per heavy atom. The van der Waals surface area contributed by atoms with Crippen molar-refractivity contribution < 1.29 is 47.6 Å². The molecular weight excluding hydrogens is 395 g/mol. The van der Waals surface area contributed by atoms with Gasteiger partial charge < -0.3 is 9.66 Å². The SMILES string of the molecule is CCCCCCC(CCCCCCCCCCCCCC(O)CC)S(=O)(=O)[O-].[Na+]. The molecule has 6 heteroatoms. The average Bonchev–Trinajstić information content (AvgIpc) is 2.65. The van der Waals surface area contributed by atoms with E-state index >= 15 is 0 Å². The first-order chi connectivity index (χ1) is 13.4. The van der Waals surface area contributed by atoms with Crippen LogP contribution in [-0.2, 0) is 10.1 Å². The van der Waals surface area contributed by atoms with Gasteiger partial charge in [0.2, 0.25) is 0 Å². The first-order valence-corrected chi connectivity index (χ1v) is 13.5. The molecule has 0 aliphatic carbocycles. The van der Waals surface area contributed by atoms with Gasteiger partial charge in [-0.1, -0.05) is 110 Å². The van der Waals surface area contributed by atoms with E-state index in [1.807, 2.05) is 6.92 Å². The Kier molecular flexibility index (Phi) is 24.4. The van der Waals surface area contributed by atoms with Gasteiger partial charge in [0, 0.05) is 5.25 Å². The zero-order valence-electron chi connectivity index (χ0n) is 19.7. The molecule has 0 aliphatic heterocycles. The maximum atomic E-state index is 11.4. The Balaban J connectivity index is 0. The third-order valence-corrected chi connectivity index (χ3v) is 7.11. The zero-order valence-corrected chi connectivity index (χ0v) is 22.5. The fraction of sp³-hybridized carbons (Fsp3) is 1.00. The second-order valence-corrected chi connectivity index (χ2v) is 10.1. The minimum absolute atomic E-state index is 0. The maximum absolute atomic E-state index is 11.4. The Hall–Kier alpha value is 0.870. The van der Waals surface area contributed by atoms with E-state index in [9.17, 15) is 18.1 Å². The first-order valence-electron chi connectivity index (χ1n) is 12.0. The van der Waals surface area contributed by atoms with Crippen molar-refractivity contribution in [1.82, 2.24) is 0 Å². The third kappa shape index (κ3) is 21.9. The summed E-state index contributed by atoms with van der Waals surface area (Å²) in [5, 5.41) is 8.84. The number of rotatable bonds is 21. The van der Waals surface area contributed by atoms with Crippen molar-refractivity contribution in [3.8, 4) is 0 Å². The van der Waals surface area contributed by atoms with Gasteiger partial charge in [-0.15, -0.1) is 0 Å². The molecule has 0 aromatic carbocycles. The van der Waals surface area contributed by atoms with Gasteiger partial charge in [0.25, 0.3) is 0 Å². The molecule has 170 valence electrons. The number of unbranched alkanes of at least 4 members (excludes halogenated alkanes) is 13. The van der Waals surface area contributed by atoms with Crippen LogP contribution in [-0.4, -0.2) is 29.4 Å². The maximum Gasteiger partial charge on any atom is 1.00 e. The van der Waals surface area contributed by atoms with Crippen LogP contribution in [0.1, 0.15) is 136 Å². The molecule has 0 heterocycles. The predicted molar refractivity (Wildman–Crippen MR) is 119 cm³/mol. The Bertz CT molecular complexity index is 429. The molecule has 0 bridgehead atoms. The van der Waals surface area contributed by atoms with Crippen LogP contribution in [0.25, 0.3) is 0 Å². The summed E-state index contributed by atoms with van der Waals surface area (Å²) in [5.74, 6) is 0. The molecule has 0 spiro atoms. The van der Waals surface area contributed by atoms with Crippen LogP contribution in [0, 0.1) is 0 Å². The van der Waals surface area contributed by atoms with Crippen molar-refractivity contribution in [2.75, 3.05) is 0 Å². The van der Waals surface area contributed by atoms with E-state index in [1.54, 1.807) is 0 Å². The van der Waals surface area contributed by atoms with E-state index in [0.717, 1.165) is 64.2 Å². The van der Waals surface area contributed by atoms with Gasteiger partial charge in [-0.2, -0.15) is 0 Å². The van der Waals surface area contributed by atoms with Crippen LogP contribution in [0.3, 0.4) is 0 Å². The van der Waals surface area contributed by atoms with Crippen LogP contribution in [0.2, 0.25) is 0 Å². The summed E-state index contributed by atoms with van der Waals surface area (Å²) >= 11 is 0. The third-order valence-electron chi connectivity index (χ3n) is 5.82. The molecule has 0 saturated carbocycles. The molecule has 0 amide bonds. The number of aliphatic hydroxyl groups excluding tert-OH is 1. The molecule has 0 fully saturated rings. The van der Waals surface area contributed by atoms with Gasteiger partial charge >= 0.3 is 29.6 Å². The van der Waals surface area contributed by atoms with Crippen LogP contribution in [0.5, 0.6) is 0 Å². The van der Waals surface area contributed by atoms with Gasteiger partial charge in [-0.05, 0) is 25.7 Å². The van der Waals surface area contributed by atoms with E-state index in [4.69, 9.17) is 0 Å². The normalized spacial score (nSPS) is 13.8. The smallest absolute Gasteiger partial charge is 0.748 e. The van der Waals surface area contributed by atoms with Gasteiger partial charge in [0.15, 0.2) is 0 Å². The van der Waals surface area contributed by atoms with Crippen LogP contribution in [0.4, 0.5) is 0 Å². The molecule has 0 aliphatic rings. The summed E-state index contributed by atoms with van der Waals surface area (Å²) in [6.07, 6.45) is 20.0. The number of hydrogen-bond acceptors (Lipinski definition) is 4. The molecule has 4 nitrogen and oxygen atoms in total. The fourth-order valence-electron chi connectivity index (χ4n) is 3.78. The van der Waals surface area contributed by atoms with Crippen molar-refractivity contribution in [2.45, 2.75) is 147 Å². The number of hydrogen-bond donors (Lipinski definition) is 1. The molecule has 2 unspecified atom stereocenters. The molecule has 0 aromatic rings. The van der Waals surface area contributed by atoms with E-state index in [0.29, 0.717) is 12.8 Å². The second kappa shape index (κ2) is 22.1. The molecule has 29 heavy (non-hydrogen) atoms. The quantitative estimate of drug-likeness (QED) is 0.167. The topological polar surface area (TPSA) is 77.4 Å². The monoisotopic (exact) mass is 442 g/mol. The van der Waals surface area contributed by atoms with Crippen molar-refractivity contribution in [2.24, 2.45) is 0 Å². The van der Waals surface area contributed by atoms with Gasteiger partial charge in [0.05, 0.1) is 16.2 Å². The summed E-state index contributed by atoms with van der Waals surface area (Å²) in [6, 6.07) is 0. The molecule has 0 aromatic heterocycles. The van der Waals surface area contributed by atoms with E-state index in [-0.39, 0.29) is 35.7 Å². The second-order valence-electron chi connectivity index (χ2n) is 8.49. The van der Waals surface area contributed by atoms with Crippen LogP contribution >= 0.6 is 0 Å². The van der Waals surface area contributed by atoms with Gasteiger partial charge in [-0.25, -0.2) is 8.42 Å². The Morgan fingerprint density at radius 2 is 1.00 bits per heavy atom. The van der Waals surface area contributed by atoms with E-state index in [1.165, 1.54) is 44.9 Å². The zero-order chi connectivity index (χ0) is 21.1. The van der Waals surface area contributed by atoms with E-state index in [2.05, 4.69) is 6.92 Å². The average molecular weight is 443 g/mol. The molecule has 0 radical (unpaired) electrons. The summed E-state index contributed by atoms with van der Waals surface area (Å²) in [7, 11) is -4.14. The fourth-order valence-corrected chi connectivity index (χ4v) is 4.69. The van der Waals surface area contributed by atoms with Gasteiger partial charge in [-0.3, -0.25) is 0 Å². The summed E-state index contributed by atoms with van der Waals surface area (Å²) in [5.41, 5.74) is 0.